The average molecular weight is 266 g/mol. The molecule has 110 valence electrons. The molecule has 1 unspecified atom stereocenters. The fraction of sp³-hybridized carbons (Fsp3) is 0.938. The summed E-state index contributed by atoms with van der Waals surface area (Å²) >= 11 is 0. The van der Waals surface area contributed by atoms with Crippen molar-refractivity contribution in [1.82, 2.24) is 10.2 Å². The van der Waals surface area contributed by atoms with Gasteiger partial charge in [-0.1, -0.05) is 34.6 Å². The molecule has 1 N–H and O–H groups in total. The summed E-state index contributed by atoms with van der Waals surface area (Å²) in [7, 11) is 0. The molecule has 1 saturated heterocycles. The Kier molecular flexibility index (Phi) is 3.97. The number of nitrogens with one attached hydrogen (secondary N) is 1. The number of likely N-dealkylation sites (N-methyl/N-ethyl adjacent to an activating group) is 1. The van der Waals surface area contributed by atoms with Gasteiger partial charge in [-0.15, -0.1) is 0 Å². The minimum absolute atomic E-state index is 0.0677. The number of hydrogen-bond donors (Lipinski definition) is 1. The highest BCUT2D eigenvalue weighted by molar-refractivity contribution is 5.84. The molecule has 2 fully saturated rings. The zero-order valence-electron chi connectivity index (χ0n) is 13.3. The van der Waals surface area contributed by atoms with E-state index in [1.54, 1.807) is 0 Å². The van der Waals surface area contributed by atoms with Gasteiger partial charge in [-0.05, 0) is 43.1 Å². The predicted octanol–water partition coefficient (Wildman–Crippen LogP) is 2.80. The lowest BCUT2D eigenvalue weighted by atomic mass is 9.63. The first kappa shape index (κ1) is 14.8. The molecule has 0 bridgehead atoms. The highest BCUT2D eigenvalue weighted by Crippen LogP contribution is 2.47. The summed E-state index contributed by atoms with van der Waals surface area (Å²) in [6.45, 7) is 13.3. The molecule has 2 aliphatic rings. The van der Waals surface area contributed by atoms with Crippen LogP contribution >= 0.6 is 0 Å². The van der Waals surface area contributed by atoms with Crippen LogP contribution in [0.1, 0.15) is 60.3 Å². The maximum absolute atomic E-state index is 12.5. The Bertz CT molecular complexity index is 333. The van der Waals surface area contributed by atoms with E-state index in [0.717, 1.165) is 32.4 Å². The van der Waals surface area contributed by atoms with Crippen molar-refractivity contribution in [3.05, 3.63) is 0 Å². The molecule has 3 nitrogen and oxygen atoms in total. The number of carbonyl (C=O) groups excluding carboxylic acids is 1. The van der Waals surface area contributed by atoms with Crippen LogP contribution in [0, 0.1) is 10.8 Å². The number of carbonyl (C=O) groups is 1. The molecule has 0 aromatic carbocycles. The monoisotopic (exact) mass is 266 g/mol. The standard InChI is InChI=1S/C16H30N2O/c1-6-17-13-7-8-18(14(13)19)12-9-15(2,3)11-16(4,5)10-12/h12-13,17H,6-11H2,1-5H3. The molecule has 1 saturated carbocycles. The minimum atomic E-state index is 0.0677. The molecule has 0 spiro atoms. The van der Waals surface area contributed by atoms with Crippen molar-refractivity contribution in [1.29, 1.82) is 0 Å². The van der Waals surface area contributed by atoms with E-state index in [1.165, 1.54) is 6.42 Å². The van der Waals surface area contributed by atoms with E-state index in [0.29, 0.717) is 22.8 Å². The van der Waals surface area contributed by atoms with Crippen LogP contribution in [-0.4, -0.2) is 36.0 Å². The van der Waals surface area contributed by atoms with Crippen LogP contribution in [-0.2, 0) is 4.79 Å². The fourth-order valence-corrected chi connectivity index (χ4v) is 4.51. The Hall–Kier alpha value is -0.570. The van der Waals surface area contributed by atoms with Crippen LogP contribution in [0.25, 0.3) is 0 Å². The van der Waals surface area contributed by atoms with Gasteiger partial charge in [0.05, 0.1) is 6.04 Å². The summed E-state index contributed by atoms with van der Waals surface area (Å²) in [5.41, 5.74) is 0.700. The van der Waals surface area contributed by atoms with Gasteiger partial charge in [0.2, 0.25) is 5.91 Å². The maximum atomic E-state index is 12.5. The lowest BCUT2D eigenvalue weighted by Gasteiger charge is -2.47. The number of rotatable bonds is 3. The van der Waals surface area contributed by atoms with Gasteiger partial charge in [-0.2, -0.15) is 0 Å². The smallest absolute Gasteiger partial charge is 0.240 e. The van der Waals surface area contributed by atoms with Crippen LogP contribution in [0.2, 0.25) is 0 Å². The topological polar surface area (TPSA) is 32.3 Å². The Morgan fingerprint density at radius 1 is 1.21 bits per heavy atom. The van der Waals surface area contributed by atoms with E-state index >= 15 is 0 Å². The SMILES string of the molecule is CCNC1CCN(C2CC(C)(C)CC(C)(C)C2)C1=O. The molecule has 1 atom stereocenters. The number of hydrogen-bond acceptors (Lipinski definition) is 2. The van der Waals surface area contributed by atoms with Gasteiger partial charge in [0.15, 0.2) is 0 Å². The zero-order chi connectivity index (χ0) is 14.3. The van der Waals surface area contributed by atoms with E-state index in [1.807, 2.05) is 0 Å². The molecular formula is C16H30N2O. The van der Waals surface area contributed by atoms with Gasteiger partial charge in [-0.3, -0.25) is 4.79 Å². The largest absolute Gasteiger partial charge is 0.338 e. The van der Waals surface area contributed by atoms with Crippen molar-refractivity contribution in [3.8, 4) is 0 Å². The number of likely N-dealkylation sites (tertiary alicyclic amines) is 1. The van der Waals surface area contributed by atoms with Crippen molar-refractivity contribution in [2.24, 2.45) is 10.8 Å². The fourth-order valence-electron chi connectivity index (χ4n) is 4.51. The minimum Gasteiger partial charge on any atom is -0.338 e. The highest BCUT2D eigenvalue weighted by Gasteiger charge is 2.44. The van der Waals surface area contributed by atoms with Crippen LogP contribution in [0.3, 0.4) is 0 Å². The Labute approximate surface area is 118 Å². The highest BCUT2D eigenvalue weighted by atomic mass is 16.2. The summed E-state index contributed by atoms with van der Waals surface area (Å²) in [5.74, 6) is 0.334. The quantitative estimate of drug-likeness (QED) is 0.852. The van der Waals surface area contributed by atoms with E-state index in [9.17, 15) is 4.79 Å². The number of amides is 1. The molecule has 0 aromatic heterocycles. The lowest BCUT2D eigenvalue weighted by molar-refractivity contribution is -0.133. The van der Waals surface area contributed by atoms with Crippen LogP contribution in [0.15, 0.2) is 0 Å². The summed E-state index contributed by atoms with van der Waals surface area (Å²) in [6, 6.07) is 0.507. The van der Waals surface area contributed by atoms with E-state index in [2.05, 4.69) is 44.8 Å². The first-order valence-electron chi connectivity index (χ1n) is 7.78. The molecule has 1 heterocycles. The Balaban J connectivity index is 2.08. The molecule has 19 heavy (non-hydrogen) atoms. The van der Waals surface area contributed by atoms with E-state index < -0.39 is 0 Å². The molecule has 3 heteroatoms. The third-order valence-electron chi connectivity index (χ3n) is 4.66. The summed E-state index contributed by atoms with van der Waals surface area (Å²) in [5, 5.41) is 3.31. The second-order valence-corrected chi connectivity index (χ2v) is 8.00. The van der Waals surface area contributed by atoms with Gasteiger partial charge in [0, 0.05) is 12.6 Å². The molecule has 1 aliphatic heterocycles. The third-order valence-corrected chi connectivity index (χ3v) is 4.66. The van der Waals surface area contributed by atoms with E-state index in [4.69, 9.17) is 0 Å². The first-order valence-corrected chi connectivity index (χ1v) is 7.78. The summed E-state index contributed by atoms with van der Waals surface area (Å²) in [6.07, 6.45) is 4.54. The van der Waals surface area contributed by atoms with Gasteiger partial charge < -0.3 is 10.2 Å². The van der Waals surface area contributed by atoms with Gasteiger partial charge in [-0.25, -0.2) is 0 Å². The van der Waals surface area contributed by atoms with Crippen LogP contribution in [0.5, 0.6) is 0 Å². The first-order chi connectivity index (χ1) is 8.74. The van der Waals surface area contributed by atoms with Crippen molar-refractivity contribution < 1.29 is 4.79 Å². The molecule has 0 radical (unpaired) electrons. The van der Waals surface area contributed by atoms with Crippen molar-refractivity contribution in [2.45, 2.75) is 72.4 Å². The lowest BCUT2D eigenvalue weighted by Crippen LogP contribution is -2.49. The average Bonchev–Trinajstić information content (AvgIpc) is 2.56. The predicted molar refractivity (Wildman–Crippen MR) is 79.0 cm³/mol. The molecule has 0 aromatic rings. The van der Waals surface area contributed by atoms with Crippen LogP contribution < -0.4 is 5.32 Å². The normalized spacial score (nSPS) is 30.9. The Morgan fingerprint density at radius 2 is 1.79 bits per heavy atom. The van der Waals surface area contributed by atoms with Gasteiger partial charge >= 0.3 is 0 Å². The van der Waals surface area contributed by atoms with Crippen molar-refractivity contribution in [2.75, 3.05) is 13.1 Å². The van der Waals surface area contributed by atoms with Gasteiger partial charge in [0.25, 0.3) is 0 Å². The molecule has 1 amide bonds. The summed E-state index contributed by atoms with van der Waals surface area (Å²) in [4.78, 5) is 14.6. The molecular weight excluding hydrogens is 236 g/mol. The summed E-state index contributed by atoms with van der Waals surface area (Å²) < 4.78 is 0. The van der Waals surface area contributed by atoms with Gasteiger partial charge in [0.1, 0.15) is 0 Å². The Morgan fingerprint density at radius 3 is 2.32 bits per heavy atom. The maximum Gasteiger partial charge on any atom is 0.240 e. The van der Waals surface area contributed by atoms with Crippen molar-refractivity contribution in [3.63, 3.8) is 0 Å². The number of nitrogens with zero attached hydrogens (tertiary/aromatic N) is 1. The van der Waals surface area contributed by atoms with E-state index in [-0.39, 0.29) is 6.04 Å². The molecule has 2 rings (SSSR count). The van der Waals surface area contributed by atoms with Crippen LogP contribution in [0.4, 0.5) is 0 Å². The second kappa shape index (κ2) is 5.08. The zero-order valence-corrected chi connectivity index (χ0v) is 13.3. The molecule has 1 aliphatic carbocycles. The van der Waals surface area contributed by atoms with Crippen molar-refractivity contribution >= 4 is 5.91 Å². The third kappa shape index (κ3) is 3.31. The second-order valence-electron chi connectivity index (χ2n) is 8.00.